The van der Waals surface area contributed by atoms with E-state index in [0.29, 0.717) is 18.1 Å². The Morgan fingerprint density at radius 1 is 0.917 bits per heavy atom. The zero-order chi connectivity index (χ0) is 25.0. The van der Waals surface area contributed by atoms with Crippen LogP contribution in [0, 0.1) is 0 Å². The molecular formula is C27H31F3N4O2. The third-order valence-electron chi connectivity index (χ3n) is 6.95. The lowest BCUT2D eigenvalue weighted by molar-refractivity contribution is -0.274. The molecule has 9 heteroatoms. The number of anilines is 2. The van der Waals surface area contributed by atoms with Crippen LogP contribution in [-0.4, -0.2) is 42.6 Å². The van der Waals surface area contributed by atoms with E-state index in [0.717, 1.165) is 62.2 Å². The van der Waals surface area contributed by atoms with Crippen LogP contribution >= 0.6 is 0 Å². The second-order valence-electron chi connectivity index (χ2n) is 9.53. The maximum Gasteiger partial charge on any atom is 0.573 e. The smallest absolute Gasteiger partial charge is 0.424 e. The second kappa shape index (κ2) is 10.8. The molecule has 3 unspecified atom stereocenters. The molecule has 3 aromatic rings. The summed E-state index contributed by atoms with van der Waals surface area (Å²) in [6.45, 7) is 1.68. The quantitative estimate of drug-likeness (QED) is 0.402. The SMILES string of the molecule is FC(F)(F)Oc1ccc(N2CCCC(NC3CCCCC3Nc3ncc(-c4ccccc4)o3)C2)cc1. The monoisotopic (exact) mass is 500 g/mol. The maximum atomic E-state index is 12.5. The molecule has 2 N–H and O–H groups in total. The Morgan fingerprint density at radius 3 is 2.42 bits per heavy atom. The molecule has 0 bridgehead atoms. The largest absolute Gasteiger partial charge is 0.573 e. The van der Waals surface area contributed by atoms with Gasteiger partial charge in [-0.3, -0.25) is 0 Å². The number of halogens is 3. The predicted molar refractivity (Wildman–Crippen MR) is 133 cm³/mol. The zero-order valence-corrected chi connectivity index (χ0v) is 20.0. The fourth-order valence-corrected chi connectivity index (χ4v) is 5.25. The fraction of sp³-hybridized carbons (Fsp3) is 0.444. The highest BCUT2D eigenvalue weighted by Crippen LogP contribution is 2.29. The molecule has 3 atom stereocenters. The van der Waals surface area contributed by atoms with Crippen molar-refractivity contribution in [3.05, 3.63) is 60.8 Å². The van der Waals surface area contributed by atoms with Crippen LogP contribution in [-0.2, 0) is 0 Å². The summed E-state index contributed by atoms with van der Waals surface area (Å²) in [5, 5.41) is 7.38. The normalized spacial score (nSPS) is 22.9. The fourth-order valence-electron chi connectivity index (χ4n) is 5.25. The number of aromatic nitrogens is 1. The lowest BCUT2D eigenvalue weighted by Gasteiger charge is -2.40. The molecule has 2 fully saturated rings. The third-order valence-corrected chi connectivity index (χ3v) is 6.95. The highest BCUT2D eigenvalue weighted by Gasteiger charge is 2.32. The van der Waals surface area contributed by atoms with E-state index in [2.05, 4.69) is 25.3 Å². The van der Waals surface area contributed by atoms with Crippen LogP contribution in [0.4, 0.5) is 24.9 Å². The van der Waals surface area contributed by atoms with Crippen LogP contribution in [0.25, 0.3) is 11.3 Å². The number of nitrogens with zero attached hydrogens (tertiary/aromatic N) is 2. The van der Waals surface area contributed by atoms with Gasteiger partial charge in [0.15, 0.2) is 5.76 Å². The van der Waals surface area contributed by atoms with Gasteiger partial charge in [0.1, 0.15) is 5.75 Å². The molecule has 1 aliphatic carbocycles. The van der Waals surface area contributed by atoms with Crippen molar-refractivity contribution in [1.82, 2.24) is 10.3 Å². The number of alkyl halides is 3. The van der Waals surface area contributed by atoms with Gasteiger partial charge >= 0.3 is 6.36 Å². The number of hydrogen-bond donors (Lipinski definition) is 2. The van der Waals surface area contributed by atoms with E-state index >= 15 is 0 Å². The number of benzene rings is 2. The van der Waals surface area contributed by atoms with Gasteiger partial charge in [-0.05, 0) is 49.9 Å². The zero-order valence-electron chi connectivity index (χ0n) is 20.0. The van der Waals surface area contributed by atoms with E-state index in [9.17, 15) is 13.2 Å². The van der Waals surface area contributed by atoms with Crippen LogP contribution < -0.4 is 20.3 Å². The molecule has 1 aliphatic heterocycles. The number of hydrogen-bond acceptors (Lipinski definition) is 6. The van der Waals surface area contributed by atoms with Gasteiger partial charge < -0.3 is 24.7 Å². The van der Waals surface area contributed by atoms with Crippen molar-refractivity contribution >= 4 is 11.7 Å². The van der Waals surface area contributed by atoms with Gasteiger partial charge in [0.05, 0.1) is 6.20 Å². The van der Waals surface area contributed by atoms with Crippen molar-refractivity contribution in [3.8, 4) is 17.1 Å². The first-order valence-corrected chi connectivity index (χ1v) is 12.6. The molecular weight excluding hydrogens is 469 g/mol. The van der Waals surface area contributed by atoms with Gasteiger partial charge in [-0.15, -0.1) is 13.2 Å². The lowest BCUT2D eigenvalue weighted by Crippen LogP contribution is -2.54. The second-order valence-corrected chi connectivity index (χ2v) is 9.53. The van der Waals surface area contributed by atoms with E-state index in [1.165, 1.54) is 18.6 Å². The number of ether oxygens (including phenoxy) is 1. The molecule has 1 saturated carbocycles. The van der Waals surface area contributed by atoms with E-state index < -0.39 is 6.36 Å². The van der Waals surface area contributed by atoms with E-state index in [1.807, 2.05) is 30.3 Å². The molecule has 1 aromatic heterocycles. The summed E-state index contributed by atoms with van der Waals surface area (Å²) in [6, 6.07) is 17.4. The van der Waals surface area contributed by atoms with Crippen LogP contribution in [0.3, 0.4) is 0 Å². The first-order chi connectivity index (χ1) is 17.4. The Kier molecular flexibility index (Phi) is 7.36. The summed E-state index contributed by atoms with van der Waals surface area (Å²) >= 11 is 0. The summed E-state index contributed by atoms with van der Waals surface area (Å²) in [4.78, 5) is 6.68. The summed E-state index contributed by atoms with van der Waals surface area (Å²) in [5.74, 6) is 0.545. The molecule has 2 aliphatic rings. The van der Waals surface area contributed by atoms with Gasteiger partial charge in [0, 0.05) is 42.5 Å². The standard InChI is InChI=1S/C27H31F3N4O2/c28-27(29,30)36-22-14-12-21(13-15-22)34-16-6-9-20(18-34)32-23-10-4-5-11-24(23)33-26-31-17-25(35-26)19-7-2-1-3-8-19/h1-3,7-8,12-15,17,20,23-24,32H,4-6,9-11,16,18H2,(H,31,33). The molecule has 2 heterocycles. The minimum absolute atomic E-state index is 0.198. The number of rotatable bonds is 7. The Morgan fingerprint density at radius 2 is 1.67 bits per heavy atom. The van der Waals surface area contributed by atoms with Crippen LogP contribution in [0.5, 0.6) is 5.75 Å². The number of nitrogens with one attached hydrogen (secondary N) is 2. The average Bonchev–Trinajstić information content (AvgIpc) is 3.34. The number of piperidine rings is 1. The summed E-state index contributed by atoms with van der Waals surface area (Å²) in [5.41, 5.74) is 1.90. The van der Waals surface area contributed by atoms with Crippen molar-refractivity contribution in [3.63, 3.8) is 0 Å². The van der Waals surface area contributed by atoms with Gasteiger partial charge in [-0.25, -0.2) is 4.98 Å². The van der Waals surface area contributed by atoms with Crippen LogP contribution in [0.15, 0.2) is 65.2 Å². The van der Waals surface area contributed by atoms with Gasteiger partial charge in [-0.2, -0.15) is 0 Å². The van der Waals surface area contributed by atoms with Gasteiger partial charge in [0.2, 0.25) is 0 Å². The van der Waals surface area contributed by atoms with Crippen LogP contribution in [0.2, 0.25) is 0 Å². The van der Waals surface area contributed by atoms with Crippen molar-refractivity contribution in [2.24, 2.45) is 0 Å². The highest BCUT2D eigenvalue weighted by molar-refractivity contribution is 5.57. The Balaban J connectivity index is 1.19. The van der Waals surface area contributed by atoms with E-state index in [-0.39, 0.29) is 11.8 Å². The van der Waals surface area contributed by atoms with E-state index in [1.54, 1.807) is 18.3 Å². The molecule has 1 saturated heterocycles. The topological polar surface area (TPSA) is 62.6 Å². The Labute approximate surface area is 208 Å². The van der Waals surface area contributed by atoms with Gasteiger partial charge in [-0.1, -0.05) is 43.2 Å². The van der Waals surface area contributed by atoms with Gasteiger partial charge in [0.25, 0.3) is 6.01 Å². The third kappa shape index (κ3) is 6.32. The average molecular weight is 501 g/mol. The molecule has 2 aromatic carbocycles. The molecule has 36 heavy (non-hydrogen) atoms. The van der Waals surface area contributed by atoms with Crippen molar-refractivity contribution < 1.29 is 22.3 Å². The van der Waals surface area contributed by atoms with E-state index in [4.69, 9.17) is 4.42 Å². The summed E-state index contributed by atoms with van der Waals surface area (Å²) < 4.78 is 47.4. The number of oxazole rings is 1. The van der Waals surface area contributed by atoms with Crippen molar-refractivity contribution in [2.75, 3.05) is 23.3 Å². The van der Waals surface area contributed by atoms with Crippen LogP contribution in [0.1, 0.15) is 38.5 Å². The molecule has 6 nitrogen and oxygen atoms in total. The summed E-state index contributed by atoms with van der Waals surface area (Å²) in [7, 11) is 0. The molecule has 5 rings (SSSR count). The first-order valence-electron chi connectivity index (χ1n) is 12.6. The first kappa shape index (κ1) is 24.5. The minimum atomic E-state index is -4.68. The Bertz CT molecular complexity index is 1100. The van der Waals surface area contributed by atoms with Crippen molar-refractivity contribution in [2.45, 2.75) is 63.0 Å². The summed E-state index contributed by atoms with van der Waals surface area (Å²) in [6.07, 6.45) is 3.60. The lowest BCUT2D eigenvalue weighted by atomic mass is 9.89. The van der Waals surface area contributed by atoms with Crippen molar-refractivity contribution in [1.29, 1.82) is 0 Å². The molecule has 0 radical (unpaired) electrons. The Hall–Kier alpha value is -3.20. The highest BCUT2D eigenvalue weighted by atomic mass is 19.4. The molecule has 0 amide bonds. The molecule has 192 valence electrons. The predicted octanol–water partition coefficient (Wildman–Crippen LogP) is 6.22. The maximum absolute atomic E-state index is 12.5. The molecule has 0 spiro atoms. The minimum Gasteiger partial charge on any atom is -0.424 e.